The van der Waals surface area contributed by atoms with E-state index in [0.29, 0.717) is 28.4 Å². The summed E-state index contributed by atoms with van der Waals surface area (Å²) in [5.41, 5.74) is 4.63. The van der Waals surface area contributed by atoms with Crippen LogP contribution in [-0.2, 0) is 5.41 Å². The summed E-state index contributed by atoms with van der Waals surface area (Å²) in [4.78, 5) is 11.5. The van der Waals surface area contributed by atoms with E-state index in [4.69, 9.17) is 11.6 Å². The Morgan fingerprint density at radius 2 is 1.79 bits per heavy atom. The molecular weight excluding hydrogens is 378 g/mol. The minimum Gasteiger partial charge on any atom is -0.298 e. The number of rotatable bonds is 3. The third kappa shape index (κ3) is 2.29. The zero-order valence-corrected chi connectivity index (χ0v) is 17.3. The molecule has 146 valence electrons. The third-order valence-electron chi connectivity index (χ3n) is 7.96. The molecule has 1 aromatic carbocycles. The molecule has 0 amide bonds. The Kier molecular flexibility index (Phi) is 3.73. The van der Waals surface area contributed by atoms with Crippen molar-refractivity contribution >= 4 is 11.6 Å². The lowest BCUT2D eigenvalue weighted by atomic mass is 9.53. The number of hydrogen-bond donors (Lipinski definition) is 0. The average Bonchev–Trinajstić information content (AvgIpc) is 3.27. The van der Waals surface area contributed by atoms with Gasteiger partial charge in [0.25, 0.3) is 0 Å². The number of halogens is 1. The summed E-state index contributed by atoms with van der Waals surface area (Å²) < 4.78 is 0. The van der Waals surface area contributed by atoms with Gasteiger partial charge in [-0.1, -0.05) is 54.1 Å². The number of likely N-dealkylation sites (tertiary alicyclic amines) is 1. The molecule has 1 aliphatic heterocycles. The molecular formula is C25H24ClN3. The molecule has 3 unspecified atom stereocenters. The van der Waals surface area contributed by atoms with Crippen molar-refractivity contribution in [3.8, 4) is 0 Å². The van der Waals surface area contributed by atoms with E-state index < -0.39 is 0 Å². The molecule has 1 saturated heterocycles. The summed E-state index contributed by atoms with van der Waals surface area (Å²) in [6.07, 6.45) is 8.41. The van der Waals surface area contributed by atoms with Crippen LogP contribution in [0.15, 0.2) is 73.2 Å². The van der Waals surface area contributed by atoms with E-state index in [1.54, 1.807) is 0 Å². The zero-order chi connectivity index (χ0) is 19.6. The van der Waals surface area contributed by atoms with Crippen LogP contribution in [-0.4, -0.2) is 28.5 Å². The third-order valence-corrected chi connectivity index (χ3v) is 8.18. The molecule has 0 N–H and O–H groups in total. The lowest BCUT2D eigenvalue weighted by Gasteiger charge is -2.52. The quantitative estimate of drug-likeness (QED) is 0.561. The van der Waals surface area contributed by atoms with Gasteiger partial charge in [0.2, 0.25) is 0 Å². The largest absolute Gasteiger partial charge is 0.298 e. The molecule has 29 heavy (non-hydrogen) atoms. The molecule has 0 radical (unpaired) electrons. The van der Waals surface area contributed by atoms with Crippen molar-refractivity contribution < 1.29 is 0 Å². The molecule has 3 aliphatic carbocycles. The first-order valence-corrected chi connectivity index (χ1v) is 10.8. The highest BCUT2D eigenvalue weighted by molar-refractivity contribution is 6.29. The van der Waals surface area contributed by atoms with Gasteiger partial charge in [0, 0.05) is 36.6 Å². The van der Waals surface area contributed by atoms with Crippen LogP contribution in [0, 0.1) is 11.3 Å². The summed E-state index contributed by atoms with van der Waals surface area (Å²) in [6, 6.07) is 20.1. The Labute approximate surface area is 176 Å². The van der Waals surface area contributed by atoms with Crippen molar-refractivity contribution in [3.63, 3.8) is 0 Å². The molecule has 4 fully saturated rings. The van der Waals surface area contributed by atoms with Gasteiger partial charge in [-0.25, -0.2) is 4.98 Å². The van der Waals surface area contributed by atoms with Crippen molar-refractivity contribution in [3.05, 3.63) is 95.0 Å². The Balaban J connectivity index is 1.50. The van der Waals surface area contributed by atoms with Crippen LogP contribution in [0.4, 0.5) is 0 Å². The summed E-state index contributed by atoms with van der Waals surface area (Å²) in [5.74, 6) is 1.06. The molecule has 7 rings (SSSR count). The van der Waals surface area contributed by atoms with Crippen LogP contribution < -0.4 is 0 Å². The minimum atomic E-state index is 0.155. The van der Waals surface area contributed by atoms with Gasteiger partial charge >= 0.3 is 0 Å². The van der Waals surface area contributed by atoms with Crippen LogP contribution in [0.2, 0.25) is 5.15 Å². The smallest absolute Gasteiger partial charge is 0.129 e. The van der Waals surface area contributed by atoms with Crippen molar-refractivity contribution in [2.45, 2.75) is 30.2 Å². The first-order chi connectivity index (χ1) is 14.1. The number of pyridine rings is 2. The van der Waals surface area contributed by atoms with Gasteiger partial charge in [0.05, 0.1) is 0 Å². The van der Waals surface area contributed by atoms with Crippen LogP contribution in [0.25, 0.3) is 0 Å². The van der Waals surface area contributed by atoms with Gasteiger partial charge in [-0.2, -0.15) is 0 Å². The highest BCUT2D eigenvalue weighted by atomic mass is 35.5. The van der Waals surface area contributed by atoms with Crippen molar-refractivity contribution in [1.29, 1.82) is 0 Å². The van der Waals surface area contributed by atoms with Crippen molar-refractivity contribution in [2.24, 2.45) is 11.3 Å². The van der Waals surface area contributed by atoms with Gasteiger partial charge in [0.1, 0.15) is 5.15 Å². The van der Waals surface area contributed by atoms with Gasteiger partial charge in [-0.15, -0.1) is 0 Å². The van der Waals surface area contributed by atoms with E-state index >= 15 is 0 Å². The monoisotopic (exact) mass is 401 g/mol. The number of nitrogens with zero attached hydrogens (tertiary/aromatic N) is 3. The van der Waals surface area contributed by atoms with Crippen LogP contribution in [0.3, 0.4) is 0 Å². The molecule has 3 nitrogen and oxygen atoms in total. The fourth-order valence-corrected chi connectivity index (χ4v) is 7.36. The fourth-order valence-electron chi connectivity index (χ4n) is 7.25. The maximum absolute atomic E-state index is 6.12. The molecule has 3 saturated carbocycles. The van der Waals surface area contributed by atoms with Crippen molar-refractivity contribution in [2.75, 3.05) is 13.6 Å². The van der Waals surface area contributed by atoms with Gasteiger partial charge in [-0.05, 0) is 66.0 Å². The molecule has 3 aromatic rings. The first kappa shape index (κ1) is 17.6. The Morgan fingerprint density at radius 3 is 2.48 bits per heavy atom. The molecule has 4 aliphatic rings. The van der Waals surface area contributed by atoms with Gasteiger partial charge in [0.15, 0.2) is 0 Å². The molecule has 2 aromatic heterocycles. The molecule has 4 heteroatoms. The lowest BCUT2D eigenvalue weighted by Crippen LogP contribution is -2.47. The van der Waals surface area contributed by atoms with E-state index in [1.807, 2.05) is 18.5 Å². The van der Waals surface area contributed by atoms with Crippen LogP contribution in [0.5, 0.6) is 0 Å². The first-order valence-electron chi connectivity index (χ1n) is 10.4. The van der Waals surface area contributed by atoms with Gasteiger partial charge < -0.3 is 0 Å². The maximum atomic E-state index is 6.12. The number of aromatic nitrogens is 2. The summed E-state index contributed by atoms with van der Waals surface area (Å²) in [6.45, 7) is 1.12. The Hall–Kier alpha value is -2.23. The van der Waals surface area contributed by atoms with Crippen LogP contribution in [0.1, 0.15) is 41.5 Å². The second-order valence-electron chi connectivity index (χ2n) is 9.24. The highest BCUT2D eigenvalue weighted by Gasteiger charge is 2.77. The van der Waals surface area contributed by atoms with Crippen LogP contribution >= 0.6 is 11.6 Å². The lowest BCUT2D eigenvalue weighted by molar-refractivity contribution is 0.0397. The second kappa shape index (κ2) is 6.13. The summed E-state index contributed by atoms with van der Waals surface area (Å²) in [5, 5.41) is 0.565. The minimum absolute atomic E-state index is 0.155. The number of benzene rings is 1. The molecule has 3 atom stereocenters. The highest BCUT2D eigenvalue weighted by Crippen LogP contribution is 2.81. The molecule has 2 bridgehead atoms. The van der Waals surface area contributed by atoms with E-state index in [0.717, 1.165) is 6.54 Å². The van der Waals surface area contributed by atoms with E-state index in [2.05, 4.69) is 76.6 Å². The Bertz CT molecular complexity index is 1030. The van der Waals surface area contributed by atoms with Crippen molar-refractivity contribution in [1.82, 2.24) is 14.9 Å². The second-order valence-corrected chi connectivity index (χ2v) is 9.62. The SMILES string of the molecule is CN1CC2C(c3ccc(Cl)nc3)C3(c4cccnc4)CC2(C3)C1c1ccccc1. The summed E-state index contributed by atoms with van der Waals surface area (Å²) >= 11 is 6.12. The maximum Gasteiger partial charge on any atom is 0.129 e. The topological polar surface area (TPSA) is 29.0 Å². The molecule has 1 spiro atoms. The molecule has 3 heterocycles. The summed E-state index contributed by atoms with van der Waals surface area (Å²) in [7, 11) is 2.30. The fraction of sp³-hybridized carbons (Fsp3) is 0.360. The Morgan fingerprint density at radius 1 is 0.966 bits per heavy atom. The van der Waals surface area contributed by atoms with E-state index in [9.17, 15) is 0 Å². The normalized spacial score (nSPS) is 35.3. The predicted molar refractivity (Wildman–Crippen MR) is 115 cm³/mol. The van der Waals surface area contributed by atoms with E-state index in [-0.39, 0.29) is 5.41 Å². The van der Waals surface area contributed by atoms with E-state index in [1.165, 1.54) is 29.5 Å². The predicted octanol–water partition coefficient (Wildman–Crippen LogP) is 5.25. The average molecular weight is 402 g/mol. The number of hydrogen-bond acceptors (Lipinski definition) is 3. The zero-order valence-electron chi connectivity index (χ0n) is 16.5. The van der Waals surface area contributed by atoms with Gasteiger partial charge in [-0.3, -0.25) is 9.88 Å². The standard InChI is InChI=1S/C25H24ClN3/c1-29-14-20-22(18-9-10-21(26)28-12-18)24(19-8-5-11-27-13-19)15-25(20,16-24)23(29)17-6-3-2-4-7-17/h2-13,20,22-23H,14-16H2,1H3.